The molecule has 5 rings (SSSR count). The van der Waals surface area contributed by atoms with E-state index in [1.807, 2.05) is 51.9 Å². The van der Waals surface area contributed by atoms with Crippen molar-refractivity contribution in [3.05, 3.63) is 58.5 Å². The van der Waals surface area contributed by atoms with Crippen LogP contribution in [0.15, 0.2) is 47.3 Å². The molecular weight excluding hydrogens is 358 g/mol. The summed E-state index contributed by atoms with van der Waals surface area (Å²) in [7, 11) is 0. The molecule has 0 spiro atoms. The highest BCUT2D eigenvalue weighted by atomic mass is 16.7. The van der Waals surface area contributed by atoms with Crippen molar-refractivity contribution >= 4 is 16.9 Å². The summed E-state index contributed by atoms with van der Waals surface area (Å²) in [6.45, 7) is 1.54. The Labute approximate surface area is 161 Å². The SMILES string of the molecule is O=C(Cc1ccc2c(c1)OCO2)N1CCC(n2c(=O)[nH]c3ccccc32)CC1. The fraction of sp³-hybridized carbons (Fsp3) is 0.333. The lowest BCUT2D eigenvalue weighted by Gasteiger charge is -2.32. The van der Waals surface area contributed by atoms with Crippen molar-refractivity contribution in [3.8, 4) is 11.5 Å². The maximum absolute atomic E-state index is 12.7. The van der Waals surface area contributed by atoms with Crippen molar-refractivity contribution < 1.29 is 14.3 Å². The Balaban J connectivity index is 1.26. The number of hydrogen-bond acceptors (Lipinski definition) is 4. The Morgan fingerprint density at radius 1 is 1.07 bits per heavy atom. The predicted octanol–water partition coefficient (Wildman–Crippen LogP) is 2.46. The number of aromatic nitrogens is 2. The van der Waals surface area contributed by atoms with Gasteiger partial charge < -0.3 is 19.4 Å². The molecule has 1 aromatic heterocycles. The van der Waals surface area contributed by atoms with Crippen molar-refractivity contribution in [3.63, 3.8) is 0 Å². The van der Waals surface area contributed by atoms with Crippen molar-refractivity contribution in [2.24, 2.45) is 0 Å². The zero-order chi connectivity index (χ0) is 19.1. The molecule has 1 saturated heterocycles. The van der Waals surface area contributed by atoms with Crippen LogP contribution in [0.1, 0.15) is 24.4 Å². The van der Waals surface area contributed by atoms with Gasteiger partial charge in [-0.3, -0.25) is 9.36 Å². The number of carbonyl (C=O) groups is 1. The molecule has 1 amide bonds. The monoisotopic (exact) mass is 379 g/mol. The molecule has 0 bridgehead atoms. The molecule has 28 heavy (non-hydrogen) atoms. The molecule has 0 atom stereocenters. The highest BCUT2D eigenvalue weighted by molar-refractivity contribution is 5.79. The van der Waals surface area contributed by atoms with E-state index in [9.17, 15) is 9.59 Å². The highest BCUT2D eigenvalue weighted by Gasteiger charge is 2.26. The van der Waals surface area contributed by atoms with Gasteiger partial charge in [0.2, 0.25) is 12.7 Å². The summed E-state index contributed by atoms with van der Waals surface area (Å²) in [6.07, 6.45) is 1.89. The number of carbonyl (C=O) groups excluding carboxylic acids is 1. The fourth-order valence-electron chi connectivity index (χ4n) is 4.15. The topological polar surface area (TPSA) is 76.6 Å². The quantitative estimate of drug-likeness (QED) is 0.758. The first-order valence-corrected chi connectivity index (χ1v) is 9.54. The van der Waals surface area contributed by atoms with Gasteiger partial charge >= 0.3 is 5.69 Å². The molecule has 0 radical (unpaired) electrons. The number of benzene rings is 2. The third-order valence-corrected chi connectivity index (χ3v) is 5.60. The van der Waals surface area contributed by atoms with Crippen molar-refractivity contribution in [2.45, 2.75) is 25.3 Å². The molecule has 0 unspecified atom stereocenters. The Morgan fingerprint density at radius 2 is 1.86 bits per heavy atom. The molecule has 0 saturated carbocycles. The second kappa shape index (κ2) is 6.74. The predicted molar refractivity (Wildman–Crippen MR) is 104 cm³/mol. The third kappa shape index (κ3) is 2.93. The van der Waals surface area contributed by atoms with Gasteiger partial charge in [-0.05, 0) is 42.7 Å². The molecular formula is C21H21N3O4. The summed E-state index contributed by atoms with van der Waals surface area (Å²) in [5.41, 5.74) is 2.63. The van der Waals surface area contributed by atoms with Crippen LogP contribution < -0.4 is 15.2 Å². The molecule has 144 valence electrons. The number of likely N-dealkylation sites (tertiary alicyclic amines) is 1. The average molecular weight is 379 g/mol. The van der Waals surface area contributed by atoms with Gasteiger partial charge in [0.15, 0.2) is 11.5 Å². The Bertz CT molecular complexity index is 1090. The molecule has 3 aromatic rings. The number of hydrogen-bond donors (Lipinski definition) is 1. The average Bonchev–Trinajstić information content (AvgIpc) is 3.31. The van der Waals surface area contributed by atoms with Crippen LogP contribution in [0.3, 0.4) is 0 Å². The van der Waals surface area contributed by atoms with Crippen molar-refractivity contribution in [2.75, 3.05) is 19.9 Å². The standard InChI is InChI=1S/C21H21N3O4/c25-20(12-14-5-6-18-19(11-14)28-13-27-18)23-9-7-15(8-10-23)24-17-4-2-1-3-16(17)22-21(24)26/h1-6,11,15H,7-10,12-13H2,(H,22,26). The normalized spacial score (nSPS) is 16.6. The van der Waals surface area contributed by atoms with E-state index in [2.05, 4.69) is 4.98 Å². The van der Waals surface area contributed by atoms with E-state index in [0.717, 1.165) is 35.2 Å². The van der Waals surface area contributed by atoms with E-state index < -0.39 is 0 Å². The number of H-pyrrole nitrogens is 1. The largest absolute Gasteiger partial charge is 0.454 e. The van der Waals surface area contributed by atoms with Crippen LogP contribution in [0.5, 0.6) is 11.5 Å². The number of fused-ring (bicyclic) bond motifs is 2. The second-order valence-corrected chi connectivity index (χ2v) is 7.29. The third-order valence-electron chi connectivity index (χ3n) is 5.60. The second-order valence-electron chi connectivity index (χ2n) is 7.29. The van der Waals surface area contributed by atoms with Crippen LogP contribution in [0.2, 0.25) is 0 Å². The number of piperidine rings is 1. The van der Waals surface area contributed by atoms with Crippen LogP contribution in [-0.4, -0.2) is 40.2 Å². The summed E-state index contributed by atoms with van der Waals surface area (Å²) < 4.78 is 12.5. The number of para-hydroxylation sites is 2. The van der Waals surface area contributed by atoms with Crippen LogP contribution in [0.4, 0.5) is 0 Å². The van der Waals surface area contributed by atoms with E-state index in [1.54, 1.807) is 0 Å². The lowest BCUT2D eigenvalue weighted by atomic mass is 10.0. The van der Waals surface area contributed by atoms with Crippen LogP contribution in [0.25, 0.3) is 11.0 Å². The van der Waals surface area contributed by atoms with E-state index in [-0.39, 0.29) is 24.4 Å². The van der Waals surface area contributed by atoms with E-state index in [4.69, 9.17) is 9.47 Å². The molecule has 1 N–H and O–H groups in total. The minimum Gasteiger partial charge on any atom is -0.454 e. The minimum atomic E-state index is -0.0775. The Kier molecular flexibility index (Phi) is 4.07. The van der Waals surface area contributed by atoms with Crippen molar-refractivity contribution in [1.29, 1.82) is 0 Å². The lowest BCUT2D eigenvalue weighted by molar-refractivity contribution is -0.131. The van der Waals surface area contributed by atoms with Gasteiger partial charge in [0.05, 0.1) is 17.5 Å². The molecule has 2 aliphatic rings. The number of nitrogens with one attached hydrogen (secondary N) is 1. The van der Waals surface area contributed by atoms with Gasteiger partial charge in [-0.25, -0.2) is 4.79 Å². The van der Waals surface area contributed by atoms with Crippen molar-refractivity contribution in [1.82, 2.24) is 14.5 Å². The molecule has 1 fully saturated rings. The number of rotatable bonds is 3. The van der Waals surface area contributed by atoms with Gasteiger partial charge in [0.25, 0.3) is 0 Å². The summed E-state index contributed by atoms with van der Waals surface area (Å²) in [5.74, 6) is 1.52. The zero-order valence-corrected chi connectivity index (χ0v) is 15.4. The molecule has 2 aliphatic heterocycles. The lowest BCUT2D eigenvalue weighted by Crippen LogP contribution is -2.41. The van der Waals surface area contributed by atoms with Gasteiger partial charge in [0, 0.05) is 19.1 Å². The van der Waals surface area contributed by atoms with E-state index in [1.165, 1.54) is 0 Å². The molecule has 2 aromatic carbocycles. The first-order chi connectivity index (χ1) is 13.7. The first kappa shape index (κ1) is 16.9. The number of amides is 1. The van der Waals surface area contributed by atoms with Gasteiger partial charge in [-0.2, -0.15) is 0 Å². The summed E-state index contributed by atoms with van der Waals surface area (Å²) in [4.78, 5) is 29.9. The number of nitrogens with zero attached hydrogens (tertiary/aromatic N) is 2. The van der Waals surface area contributed by atoms with Gasteiger partial charge in [0.1, 0.15) is 0 Å². The van der Waals surface area contributed by atoms with Gasteiger partial charge in [-0.1, -0.05) is 18.2 Å². The van der Waals surface area contributed by atoms with E-state index >= 15 is 0 Å². The zero-order valence-electron chi connectivity index (χ0n) is 15.4. The molecule has 7 heteroatoms. The van der Waals surface area contributed by atoms with Crippen LogP contribution in [0, 0.1) is 0 Å². The molecule has 3 heterocycles. The Morgan fingerprint density at radius 3 is 2.71 bits per heavy atom. The van der Waals surface area contributed by atoms with Gasteiger partial charge in [-0.15, -0.1) is 0 Å². The minimum absolute atomic E-state index is 0.0775. The van der Waals surface area contributed by atoms with Crippen LogP contribution >= 0.6 is 0 Å². The number of ether oxygens (including phenoxy) is 2. The molecule has 0 aliphatic carbocycles. The maximum Gasteiger partial charge on any atom is 0.326 e. The molecule has 7 nitrogen and oxygen atoms in total. The highest BCUT2D eigenvalue weighted by Crippen LogP contribution is 2.33. The Hall–Kier alpha value is -3.22. The number of imidazole rings is 1. The van der Waals surface area contributed by atoms with E-state index in [0.29, 0.717) is 25.3 Å². The first-order valence-electron chi connectivity index (χ1n) is 9.54. The number of aromatic amines is 1. The fourth-order valence-corrected chi connectivity index (χ4v) is 4.15. The maximum atomic E-state index is 12.7. The summed E-state index contributed by atoms with van der Waals surface area (Å²) in [5, 5.41) is 0. The summed E-state index contributed by atoms with van der Waals surface area (Å²) in [6, 6.07) is 13.5. The smallest absolute Gasteiger partial charge is 0.326 e. The van der Waals surface area contributed by atoms with Crippen LogP contribution in [-0.2, 0) is 11.2 Å². The summed E-state index contributed by atoms with van der Waals surface area (Å²) >= 11 is 0.